The lowest BCUT2D eigenvalue weighted by atomic mass is 10.0. The molecule has 1 aromatic rings. The molecule has 1 aromatic carbocycles. The lowest BCUT2D eigenvalue weighted by Gasteiger charge is -2.37. The highest BCUT2D eigenvalue weighted by molar-refractivity contribution is 9.10. The van der Waals surface area contributed by atoms with Gasteiger partial charge in [-0.25, -0.2) is 0 Å². The minimum Gasteiger partial charge on any atom is -0.347 e. The van der Waals surface area contributed by atoms with E-state index in [0.29, 0.717) is 19.6 Å². The minimum absolute atomic E-state index is 0.0518. The van der Waals surface area contributed by atoms with Crippen molar-refractivity contribution in [3.05, 3.63) is 28.7 Å². The number of likely N-dealkylation sites (tertiary alicyclic amines) is 1. The lowest BCUT2D eigenvalue weighted by molar-refractivity contribution is -0.185. The van der Waals surface area contributed by atoms with E-state index in [9.17, 15) is 4.79 Å². The fourth-order valence-corrected chi connectivity index (χ4v) is 3.18. The Morgan fingerprint density at radius 1 is 1.18 bits per heavy atom. The monoisotopic (exact) mass is 368 g/mol. The summed E-state index contributed by atoms with van der Waals surface area (Å²) in [5, 5.41) is 2.92. The van der Waals surface area contributed by atoms with Gasteiger partial charge in [-0.15, -0.1) is 0 Å². The summed E-state index contributed by atoms with van der Waals surface area (Å²) in [6, 6.07) is 7.62. The van der Waals surface area contributed by atoms with E-state index in [-0.39, 0.29) is 11.7 Å². The van der Waals surface area contributed by atoms with E-state index in [1.807, 2.05) is 24.3 Å². The second-order valence-corrected chi connectivity index (χ2v) is 6.67. The number of nitrogens with zero attached hydrogens (tertiary/aromatic N) is 1. The topological polar surface area (TPSA) is 50.8 Å². The van der Waals surface area contributed by atoms with Crippen LogP contribution in [-0.4, -0.2) is 49.4 Å². The van der Waals surface area contributed by atoms with Crippen molar-refractivity contribution >= 4 is 27.5 Å². The number of piperidine rings is 1. The Balaban J connectivity index is 1.39. The molecule has 2 aliphatic rings. The van der Waals surface area contributed by atoms with Crippen LogP contribution >= 0.6 is 15.9 Å². The Morgan fingerprint density at radius 2 is 1.82 bits per heavy atom. The first-order valence-corrected chi connectivity index (χ1v) is 8.50. The average molecular weight is 369 g/mol. The van der Waals surface area contributed by atoms with Gasteiger partial charge in [-0.05, 0) is 24.3 Å². The molecule has 6 heteroatoms. The smallest absolute Gasteiger partial charge is 0.225 e. The van der Waals surface area contributed by atoms with Crippen molar-refractivity contribution in [2.24, 2.45) is 0 Å². The summed E-state index contributed by atoms with van der Waals surface area (Å²) in [7, 11) is 0. The molecule has 0 radical (unpaired) electrons. The van der Waals surface area contributed by atoms with Gasteiger partial charge in [0.2, 0.25) is 5.91 Å². The molecule has 22 heavy (non-hydrogen) atoms. The van der Waals surface area contributed by atoms with E-state index in [1.54, 1.807) is 0 Å². The first-order chi connectivity index (χ1) is 10.7. The third-order valence-corrected chi connectivity index (χ3v) is 4.74. The third-order valence-electron chi connectivity index (χ3n) is 4.21. The van der Waals surface area contributed by atoms with Crippen LogP contribution in [0.25, 0.3) is 0 Å². The molecule has 0 saturated carbocycles. The molecule has 1 spiro atoms. The van der Waals surface area contributed by atoms with Crippen LogP contribution in [0.3, 0.4) is 0 Å². The van der Waals surface area contributed by atoms with Gasteiger partial charge in [-0.3, -0.25) is 4.79 Å². The summed E-state index contributed by atoms with van der Waals surface area (Å²) in [5.74, 6) is -0.285. The molecule has 0 bridgehead atoms. The number of hydrogen-bond acceptors (Lipinski definition) is 4. The Kier molecular flexibility index (Phi) is 5.13. The highest BCUT2D eigenvalue weighted by Crippen LogP contribution is 2.31. The summed E-state index contributed by atoms with van der Waals surface area (Å²) >= 11 is 3.38. The van der Waals surface area contributed by atoms with Crippen molar-refractivity contribution < 1.29 is 14.3 Å². The fraction of sp³-hybridized carbons (Fsp3) is 0.562. The van der Waals surface area contributed by atoms with Gasteiger partial charge in [0.05, 0.1) is 13.2 Å². The number of rotatable bonds is 4. The van der Waals surface area contributed by atoms with Gasteiger partial charge in [0.15, 0.2) is 5.79 Å². The van der Waals surface area contributed by atoms with Crippen LogP contribution in [-0.2, 0) is 14.3 Å². The standard InChI is InChI=1S/C16H21BrN2O3/c17-13-1-3-14(4-2-13)18-15(20)5-8-19-9-6-16(7-10-19)21-11-12-22-16/h1-4H,5-12H2,(H,18,20). The second kappa shape index (κ2) is 7.08. The van der Waals surface area contributed by atoms with Crippen molar-refractivity contribution in [2.75, 3.05) is 38.2 Å². The van der Waals surface area contributed by atoms with E-state index in [0.717, 1.165) is 42.6 Å². The van der Waals surface area contributed by atoms with E-state index < -0.39 is 0 Å². The second-order valence-electron chi connectivity index (χ2n) is 5.75. The number of halogens is 1. The minimum atomic E-state index is -0.337. The molecule has 0 aliphatic carbocycles. The zero-order chi connectivity index (χ0) is 15.4. The third kappa shape index (κ3) is 4.07. The van der Waals surface area contributed by atoms with E-state index in [1.165, 1.54) is 0 Å². The molecular formula is C16H21BrN2O3. The predicted octanol–water partition coefficient (Wildman–Crippen LogP) is 2.62. The molecule has 0 atom stereocenters. The molecule has 2 heterocycles. The highest BCUT2D eigenvalue weighted by atomic mass is 79.9. The van der Waals surface area contributed by atoms with E-state index in [2.05, 4.69) is 26.1 Å². The normalized spacial score (nSPS) is 21.1. The van der Waals surface area contributed by atoms with Crippen molar-refractivity contribution in [2.45, 2.75) is 25.0 Å². The average Bonchev–Trinajstić information content (AvgIpc) is 2.97. The summed E-state index contributed by atoms with van der Waals surface area (Å²) < 4.78 is 12.4. The molecule has 1 N–H and O–H groups in total. The molecule has 3 rings (SSSR count). The molecule has 2 fully saturated rings. The quantitative estimate of drug-likeness (QED) is 0.887. The lowest BCUT2D eigenvalue weighted by Crippen LogP contribution is -2.45. The van der Waals surface area contributed by atoms with Crippen LogP contribution in [0.15, 0.2) is 28.7 Å². The van der Waals surface area contributed by atoms with Gasteiger partial charge < -0.3 is 19.7 Å². The maximum Gasteiger partial charge on any atom is 0.225 e. The molecule has 0 unspecified atom stereocenters. The molecule has 120 valence electrons. The molecule has 5 nitrogen and oxygen atoms in total. The van der Waals surface area contributed by atoms with Gasteiger partial charge in [0, 0.05) is 49.1 Å². The van der Waals surface area contributed by atoms with Crippen LogP contribution in [0.4, 0.5) is 5.69 Å². The SMILES string of the molecule is O=C(CCN1CCC2(CC1)OCCO2)Nc1ccc(Br)cc1. The zero-order valence-electron chi connectivity index (χ0n) is 12.5. The first kappa shape index (κ1) is 15.9. The fourth-order valence-electron chi connectivity index (χ4n) is 2.92. The largest absolute Gasteiger partial charge is 0.347 e. The van der Waals surface area contributed by atoms with Gasteiger partial charge in [-0.2, -0.15) is 0 Å². The Morgan fingerprint density at radius 3 is 2.45 bits per heavy atom. The maximum atomic E-state index is 12.0. The number of benzene rings is 1. The van der Waals surface area contributed by atoms with Crippen LogP contribution in [0, 0.1) is 0 Å². The Hall–Kier alpha value is -0.950. The number of amides is 1. The van der Waals surface area contributed by atoms with E-state index in [4.69, 9.17) is 9.47 Å². The summed E-state index contributed by atoms with van der Waals surface area (Å²) in [5.41, 5.74) is 0.832. The summed E-state index contributed by atoms with van der Waals surface area (Å²) in [6.45, 7) is 4.03. The molecule has 0 aromatic heterocycles. The van der Waals surface area contributed by atoms with Crippen LogP contribution in [0.5, 0.6) is 0 Å². The van der Waals surface area contributed by atoms with Gasteiger partial charge in [-0.1, -0.05) is 15.9 Å². The Bertz CT molecular complexity index is 505. The molecule has 2 saturated heterocycles. The van der Waals surface area contributed by atoms with Crippen molar-refractivity contribution in [1.82, 2.24) is 4.90 Å². The van der Waals surface area contributed by atoms with Crippen LogP contribution in [0.1, 0.15) is 19.3 Å². The number of hydrogen-bond donors (Lipinski definition) is 1. The predicted molar refractivity (Wildman–Crippen MR) is 87.7 cm³/mol. The molecule has 1 amide bonds. The molecular weight excluding hydrogens is 348 g/mol. The first-order valence-electron chi connectivity index (χ1n) is 7.71. The molecule has 2 aliphatic heterocycles. The van der Waals surface area contributed by atoms with Gasteiger partial charge >= 0.3 is 0 Å². The van der Waals surface area contributed by atoms with Crippen LogP contribution < -0.4 is 5.32 Å². The number of carbonyl (C=O) groups excluding carboxylic acids is 1. The number of carbonyl (C=O) groups is 1. The summed E-state index contributed by atoms with van der Waals surface area (Å²) in [6.07, 6.45) is 2.29. The maximum absolute atomic E-state index is 12.0. The van der Waals surface area contributed by atoms with Gasteiger partial charge in [0.25, 0.3) is 0 Å². The van der Waals surface area contributed by atoms with Crippen molar-refractivity contribution in [3.63, 3.8) is 0 Å². The summed E-state index contributed by atoms with van der Waals surface area (Å²) in [4.78, 5) is 14.3. The number of nitrogens with one attached hydrogen (secondary N) is 1. The number of anilines is 1. The van der Waals surface area contributed by atoms with Gasteiger partial charge in [0.1, 0.15) is 0 Å². The van der Waals surface area contributed by atoms with Crippen molar-refractivity contribution in [1.29, 1.82) is 0 Å². The van der Waals surface area contributed by atoms with Crippen molar-refractivity contribution in [3.8, 4) is 0 Å². The van der Waals surface area contributed by atoms with E-state index >= 15 is 0 Å². The number of ether oxygens (including phenoxy) is 2. The highest BCUT2D eigenvalue weighted by Gasteiger charge is 2.39. The Labute approximate surface area is 139 Å². The zero-order valence-corrected chi connectivity index (χ0v) is 14.1. The van der Waals surface area contributed by atoms with Crippen LogP contribution in [0.2, 0.25) is 0 Å².